The van der Waals surface area contributed by atoms with Crippen LogP contribution in [0.2, 0.25) is 10.0 Å². The maximum Gasteiger partial charge on any atom is 0.306 e. The molecule has 0 bridgehead atoms. The zero-order valence-corrected chi connectivity index (χ0v) is 16.1. The monoisotopic (exact) mass is 408 g/mol. The van der Waals surface area contributed by atoms with Crippen LogP contribution in [0.1, 0.15) is 18.4 Å². The number of aryl methyl sites for hydroxylation is 1. The second-order valence-corrected chi connectivity index (χ2v) is 6.54. The van der Waals surface area contributed by atoms with Gasteiger partial charge in [0.25, 0.3) is 5.91 Å². The molecule has 0 radical (unpaired) electrons. The van der Waals surface area contributed by atoms with Gasteiger partial charge in [0, 0.05) is 17.1 Å². The maximum atomic E-state index is 11.9. The van der Waals surface area contributed by atoms with Crippen molar-refractivity contribution < 1.29 is 19.1 Å². The van der Waals surface area contributed by atoms with E-state index < -0.39 is 18.5 Å². The minimum atomic E-state index is -0.651. The Hall–Kier alpha value is -2.57. The first-order valence-corrected chi connectivity index (χ1v) is 8.87. The van der Waals surface area contributed by atoms with E-state index in [0.717, 1.165) is 5.56 Å². The number of ether oxygens (including phenoxy) is 1. The molecule has 2 N–H and O–H groups in total. The van der Waals surface area contributed by atoms with Crippen molar-refractivity contribution in [2.45, 2.75) is 19.8 Å². The largest absolute Gasteiger partial charge is 0.456 e. The number of halogens is 2. The Bertz CT molecular complexity index is 855. The van der Waals surface area contributed by atoms with Crippen LogP contribution in [0.15, 0.2) is 42.5 Å². The van der Waals surface area contributed by atoms with Crippen molar-refractivity contribution in [3.05, 3.63) is 58.1 Å². The summed E-state index contributed by atoms with van der Waals surface area (Å²) >= 11 is 11.8. The van der Waals surface area contributed by atoms with Crippen LogP contribution in [0.5, 0.6) is 0 Å². The van der Waals surface area contributed by atoms with E-state index in [1.165, 1.54) is 6.07 Å². The smallest absolute Gasteiger partial charge is 0.306 e. The molecule has 2 rings (SSSR count). The van der Waals surface area contributed by atoms with Gasteiger partial charge in [-0.15, -0.1) is 0 Å². The molecular weight excluding hydrogens is 391 g/mol. The average Bonchev–Trinajstić information content (AvgIpc) is 2.63. The predicted octanol–water partition coefficient (Wildman–Crippen LogP) is 4.20. The molecule has 2 amide bonds. The van der Waals surface area contributed by atoms with Gasteiger partial charge in [-0.3, -0.25) is 14.4 Å². The number of esters is 1. The minimum absolute atomic E-state index is 0.0467. The SMILES string of the molecule is Cc1ccccc1NC(=O)CCC(=O)OCC(=O)Nc1cc(Cl)ccc1Cl. The van der Waals surface area contributed by atoms with Crippen LogP contribution in [-0.4, -0.2) is 24.4 Å². The van der Waals surface area contributed by atoms with Gasteiger partial charge in [-0.05, 0) is 36.8 Å². The molecule has 0 aliphatic heterocycles. The van der Waals surface area contributed by atoms with Crippen LogP contribution in [0.25, 0.3) is 0 Å². The van der Waals surface area contributed by atoms with Crippen LogP contribution < -0.4 is 10.6 Å². The molecule has 0 fully saturated rings. The number of hydrogen-bond donors (Lipinski definition) is 2. The number of nitrogens with one attached hydrogen (secondary N) is 2. The number of para-hydroxylation sites is 1. The first-order chi connectivity index (χ1) is 12.8. The molecule has 8 heteroatoms. The molecule has 0 unspecified atom stereocenters. The first kappa shape index (κ1) is 20.7. The number of anilines is 2. The van der Waals surface area contributed by atoms with Crippen LogP contribution in [0, 0.1) is 6.92 Å². The molecule has 6 nitrogen and oxygen atoms in total. The van der Waals surface area contributed by atoms with Gasteiger partial charge in [0.05, 0.1) is 17.1 Å². The summed E-state index contributed by atoms with van der Waals surface area (Å²) in [5, 5.41) is 5.94. The fourth-order valence-corrected chi connectivity index (χ4v) is 2.48. The van der Waals surface area contributed by atoms with Crippen molar-refractivity contribution >= 4 is 52.4 Å². The van der Waals surface area contributed by atoms with Crippen molar-refractivity contribution in [3.63, 3.8) is 0 Å². The predicted molar refractivity (Wildman–Crippen MR) is 105 cm³/mol. The summed E-state index contributed by atoms with van der Waals surface area (Å²) in [5.41, 5.74) is 1.93. The highest BCUT2D eigenvalue weighted by molar-refractivity contribution is 6.35. The highest BCUT2D eigenvalue weighted by atomic mass is 35.5. The Labute approximate surface area is 166 Å². The lowest BCUT2D eigenvalue weighted by Crippen LogP contribution is -2.22. The summed E-state index contributed by atoms with van der Waals surface area (Å²) in [6.07, 6.45) is -0.183. The molecule has 0 aliphatic rings. The summed E-state index contributed by atoms with van der Waals surface area (Å²) in [6.45, 7) is 1.38. The summed E-state index contributed by atoms with van der Waals surface area (Å²) in [6, 6.07) is 11.9. The third-order valence-electron chi connectivity index (χ3n) is 3.54. The molecule has 2 aromatic carbocycles. The molecule has 0 heterocycles. The molecule has 0 saturated heterocycles. The lowest BCUT2D eigenvalue weighted by Gasteiger charge is -2.09. The van der Waals surface area contributed by atoms with E-state index in [0.29, 0.717) is 21.4 Å². The Morgan fingerprint density at radius 1 is 0.926 bits per heavy atom. The highest BCUT2D eigenvalue weighted by Gasteiger charge is 2.12. The third kappa shape index (κ3) is 6.92. The fourth-order valence-electron chi connectivity index (χ4n) is 2.14. The van der Waals surface area contributed by atoms with Crippen LogP contribution in [-0.2, 0) is 19.1 Å². The van der Waals surface area contributed by atoms with E-state index in [4.69, 9.17) is 27.9 Å². The average molecular weight is 409 g/mol. The van der Waals surface area contributed by atoms with Crippen LogP contribution in [0.4, 0.5) is 11.4 Å². The Balaban J connectivity index is 1.72. The van der Waals surface area contributed by atoms with E-state index in [2.05, 4.69) is 10.6 Å². The number of carbonyl (C=O) groups is 3. The minimum Gasteiger partial charge on any atom is -0.456 e. The Kier molecular flexibility index (Phi) is 7.64. The topological polar surface area (TPSA) is 84.5 Å². The summed E-state index contributed by atoms with van der Waals surface area (Å²) in [7, 11) is 0. The van der Waals surface area contributed by atoms with Gasteiger partial charge in [0.15, 0.2) is 6.61 Å². The van der Waals surface area contributed by atoms with E-state index in [-0.39, 0.29) is 18.7 Å². The van der Waals surface area contributed by atoms with Gasteiger partial charge in [0.2, 0.25) is 5.91 Å². The molecule has 0 atom stereocenters. The molecular formula is C19H18Cl2N2O4. The second kappa shape index (κ2) is 9.94. The van der Waals surface area contributed by atoms with Gasteiger partial charge in [-0.25, -0.2) is 0 Å². The number of carbonyl (C=O) groups excluding carboxylic acids is 3. The van der Waals surface area contributed by atoms with Crippen molar-refractivity contribution in [1.82, 2.24) is 0 Å². The summed E-state index contributed by atoms with van der Waals surface area (Å²) in [5.74, 6) is -1.52. The maximum absolute atomic E-state index is 11.9. The summed E-state index contributed by atoms with van der Waals surface area (Å²) in [4.78, 5) is 35.4. The van der Waals surface area contributed by atoms with Gasteiger partial charge < -0.3 is 15.4 Å². The fraction of sp³-hybridized carbons (Fsp3) is 0.211. The van der Waals surface area contributed by atoms with Crippen molar-refractivity contribution in [2.75, 3.05) is 17.2 Å². The molecule has 142 valence electrons. The van der Waals surface area contributed by atoms with Gasteiger partial charge >= 0.3 is 5.97 Å². The zero-order valence-electron chi connectivity index (χ0n) is 14.6. The van der Waals surface area contributed by atoms with Gasteiger partial charge in [-0.2, -0.15) is 0 Å². The number of benzene rings is 2. The molecule has 0 spiro atoms. The Morgan fingerprint density at radius 2 is 1.63 bits per heavy atom. The molecule has 0 aliphatic carbocycles. The van der Waals surface area contributed by atoms with Crippen LogP contribution >= 0.6 is 23.2 Å². The lowest BCUT2D eigenvalue weighted by molar-refractivity contribution is -0.147. The molecule has 27 heavy (non-hydrogen) atoms. The van der Waals surface area contributed by atoms with Gasteiger partial charge in [0.1, 0.15) is 0 Å². The number of rotatable bonds is 7. The molecule has 0 saturated carbocycles. The highest BCUT2D eigenvalue weighted by Crippen LogP contribution is 2.25. The number of amides is 2. The summed E-state index contributed by atoms with van der Waals surface area (Å²) < 4.78 is 4.86. The molecule has 2 aromatic rings. The first-order valence-electron chi connectivity index (χ1n) is 8.11. The van der Waals surface area contributed by atoms with E-state index in [1.54, 1.807) is 18.2 Å². The third-order valence-corrected chi connectivity index (χ3v) is 4.11. The van der Waals surface area contributed by atoms with Crippen LogP contribution in [0.3, 0.4) is 0 Å². The standard InChI is InChI=1S/C19H18Cl2N2O4/c1-12-4-2-3-5-15(12)22-17(24)8-9-19(26)27-11-18(25)23-16-10-13(20)6-7-14(16)21/h2-7,10H,8-9,11H2,1H3,(H,22,24)(H,23,25). The van der Waals surface area contributed by atoms with Crippen molar-refractivity contribution in [1.29, 1.82) is 0 Å². The Morgan fingerprint density at radius 3 is 2.37 bits per heavy atom. The van der Waals surface area contributed by atoms with E-state index >= 15 is 0 Å². The zero-order chi connectivity index (χ0) is 19.8. The number of hydrogen-bond acceptors (Lipinski definition) is 4. The van der Waals surface area contributed by atoms with E-state index in [9.17, 15) is 14.4 Å². The molecule has 0 aromatic heterocycles. The second-order valence-electron chi connectivity index (χ2n) is 5.70. The van der Waals surface area contributed by atoms with E-state index in [1.807, 2.05) is 25.1 Å². The lowest BCUT2D eigenvalue weighted by atomic mass is 10.2. The van der Waals surface area contributed by atoms with Crippen molar-refractivity contribution in [2.24, 2.45) is 0 Å². The quantitative estimate of drug-likeness (QED) is 0.672. The van der Waals surface area contributed by atoms with Gasteiger partial charge in [-0.1, -0.05) is 41.4 Å². The normalized spacial score (nSPS) is 10.2. The van der Waals surface area contributed by atoms with Crippen molar-refractivity contribution in [3.8, 4) is 0 Å².